The van der Waals surface area contributed by atoms with E-state index in [-0.39, 0.29) is 0 Å². The summed E-state index contributed by atoms with van der Waals surface area (Å²) in [6.07, 6.45) is 1.61. The molecule has 0 saturated carbocycles. The van der Waals surface area contributed by atoms with E-state index in [0.29, 0.717) is 18.9 Å². The number of rotatable bonds is 3. The summed E-state index contributed by atoms with van der Waals surface area (Å²) in [4.78, 5) is 0. The van der Waals surface area contributed by atoms with Crippen LogP contribution in [0.1, 0.15) is 18.3 Å². The van der Waals surface area contributed by atoms with Gasteiger partial charge in [0.15, 0.2) is 6.29 Å². The van der Waals surface area contributed by atoms with Gasteiger partial charge in [-0.25, -0.2) is 8.42 Å². The minimum atomic E-state index is -3.26. The lowest BCUT2D eigenvalue weighted by Crippen LogP contribution is -2.18. The van der Waals surface area contributed by atoms with E-state index >= 15 is 0 Å². The van der Waals surface area contributed by atoms with E-state index in [9.17, 15) is 8.42 Å². The highest BCUT2D eigenvalue weighted by atomic mass is 32.2. The van der Waals surface area contributed by atoms with E-state index in [0.717, 1.165) is 18.2 Å². The maximum Gasteiger partial charge on any atom is 0.229 e. The molecule has 17 heavy (non-hydrogen) atoms. The van der Waals surface area contributed by atoms with Gasteiger partial charge in [-0.1, -0.05) is 12.1 Å². The fourth-order valence-electron chi connectivity index (χ4n) is 1.64. The summed E-state index contributed by atoms with van der Waals surface area (Å²) in [7, 11) is -3.26. The Morgan fingerprint density at radius 2 is 2.00 bits per heavy atom. The van der Waals surface area contributed by atoms with Crippen LogP contribution in [0.4, 0.5) is 5.69 Å². The fraction of sp³-hybridized carbons (Fsp3) is 0.455. The quantitative estimate of drug-likeness (QED) is 0.891. The molecule has 94 valence electrons. The Kier molecular flexibility index (Phi) is 3.66. The molecular weight excluding hydrogens is 242 g/mol. The van der Waals surface area contributed by atoms with Crippen LogP contribution >= 0.6 is 0 Å². The zero-order valence-corrected chi connectivity index (χ0v) is 10.4. The normalized spacial score (nSPS) is 17.9. The Morgan fingerprint density at radius 1 is 1.29 bits per heavy atom. The number of anilines is 1. The Balaban J connectivity index is 2.16. The molecule has 1 N–H and O–H groups in total. The SMILES string of the molecule is CS(=O)(=O)Nc1cccc(C2OCCCO2)c1. The van der Waals surface area contributed by atoms with Gasteiger partial charge in [-0.15, -0.1) is 0 Å². The van der Waals surface area contributed by atoms with Crippen LogP contribution in [-0.2, 0) is 19.5 Å². The van der Waals surface area contributed by atoms with Crippen LogP contribution < -0.4 is 4.72 Å². The smallest absolute Gasteiger partial charge is 0.229 e. The number of benzene rings is 1. The lowest BCUT2D eigenvalue weighted by molar-refractivity contribution is -0.183. The molecule has 2 rings (SSSR count). The van der Waals surface area contributed by atoms with Crippen molar-refractivity contribution in [2.75, 3.05) is 24.2 Å². The van der Waals surface area contributed by atoms with Crippen molar-refractivity contribution >= 4 is 15.7 Å². The molecule has 0 radical (unpaired) electrons. The summed E-state index contributed by atoms with van der Waals surface area (Å²) in [5.74, 6) is 0. The first-order valence-corrected chi connectivity index (χ1v) is 7.25. The zero-order chi connectivity index (χ0) is 12.3. The molecule has 0 unspecified atom stereocenters. The van der Waals surface area contributed by atoms with Crippen molar-refractivity contribution in [3.63, 3.8) is 0 Å². The average molecular weight is 257 g/mol. The first kappa shape index (κ1) is 12.3. The molecule has 0 aliphatic carbocycles. The van der Waals surface area contributed by atoms with Crippen molar-refractivity contribution < 1.29 is 17.9 Å². The predicted molar refractivity (Wildman–Crippen MR) is 64.2 cm³/mol. The lowest BCUT2D eigenvalue weighted by atomic mass is 10.2. The van der Waals surface area contributed by atoms with Crippen LogP contribution in [0.5, 0.6) is 0 Å². The van der Waals surface area contributed by atoms with Gasteiger partial charge in [0.2, 0.25) is 10.0 Å². The minimum absolute atomic E-state index is 0.398. The Hall–Kier alpha value is -1.11. The van der Waals surface area contributed by atoms with E-state index in [1.54, 1.807) is 18.2 Å². The number of nitrogens with one attached hydrogen (secondary N) is 1. The van der Waals surface area contributed by atoms with Crippen LogP contribution in [0.15, 0.2) is 24.3 Å². The van der Waals surface area contributed by atoms with Gasteiger partial charge in [-0.3, -0.25) is 4.72 Å². The van der Waals surface area contributed by atoms with Gasteiger partial charge in [0, 0.05) is 11.3 Å². The van der Waals surface area contributed by atoms with E-state index in [2.05, 4.69) is 4.72 Å². The highest BCUT2D eigenvalue weighted by molar-refractivity contribution is 7.92. The van der Waals surface area contributed by atoms with Gasteiger partial charge >= 0.3 is 0 Å². The molecule has 1 heterocycles. The summed E-state index contributed by atoms with van der Waals surface area (Å²) < 4.78 is 35.6. The van der Waals surface area contributed by atoms with Crippen molar-refractivity contribution in [3.05, 3.63) is 29.8 Å². The molecule has 1 aliphatic rings. The van der Waals surface area contributed by atoms with Gasteiger partial charge in [0.05, 0.1) is 19.5 Å². The van der Waals surface area contributed by atoms with Gasteiger partial charge in [-0.2, -0.15) is 0 Å². The molecule has 1 saturated heterocycles. The number of sulfonamides is 1. The molecule has 5 nitrogen and oxygen atoms in total. The zero-order valence-electron chi connectivity index (χ0n) is 9.55. The summed E-state index contributed by atoms with van der Waals surface area (Å²) in [5, 5.41) is 0. The second kappa shape index (κ2) is 5.03. The molecule has 1 fully saturated rings. The van der Waals surface area contributed by atoms with Crippen molar-refractivity contribution in [3.8, 4) is 0 Å². The highest BCUT2D eigenvalue weighted by Crippen LogP contribution is 2.25. The summed E-state index contributed by atoms with van der Waals surface area (Å²) in [6.45, 7) is 1.32. The maximum atomic E-state index is 11.1. The third-order valence-corrected chi connectivity index (χ3v) is 2.90. The second-order valence-corrected chi connectivity index (χ2v) is 5.68. The van der Waals surface area contributed by atoms with Crippen molar-refractivity contribution in [2.24, 2.45) is 0 Å². The van der Waals surface area contributed by atoms with Crippen molar-refractivity contribution in [1.29, 1.82) is 0 Å². The summed E-state index contributed by atoms with van der Waals surface area (Å²) in [6, 6.07) is 7.03. The van der Waals surface area contributed by atoms with Crippen molar-refractivity contribution in [1.82, 2.24) is 0 Å². The van der Waals surface area contributed by atoms with Crippen LogP contribution in [0.3, 0.4) is 0 Å². The van der Waals surface area contributed by atoms with Crippen LogP contribution in [-0.4, -0.2) is 27.9 Å². The molecule has 0 bridgehead atoms. The van der Waals surface area contributed by atoms with Crippen LogP contribution in [0.2, 0.25) is 0 Å². The van der Waals surface area contributed by atoms with E-state index < -0.39 is 16.3 Å². The molecule has 0 atom stereocenters. The topological polar surface area (TPSA) is 64.6 Å². The van der Waals surface area contributed by atoms with E-state index in [1.165, 1.54) is 0 Å². The van der Waals surface area contributed by atoms with Crippen molar-refractivity contribution in [2.45, 2.75) is 12.7 Å². The summed E-state index contributed by atoms with van der Waals surface area (Å²) in [5.41, 5.74) is 1.33. The number of ether oxygens (including phenoxy) is 2. The van der Waals surface area contributed by atoms with Crippen LogP contribution in [0, 0.1) is 0 Å². The largest absolute Gasteiger partial charge is 0.348 e. The first-order chi connectivity index (χ1) is 8.04. The molecule has 0 aromatic heterocycles. The van der Waals surface area contributed by atoms with E-state index in [1.807, 2.05) is 6.07 Å². The number of hydrogen-bond donors (Lipinski definition) is 1. The Labute approximate surface area is 101 Å². The fourth-order valence-corrected chi connectivity index (χ4v) is 2.20. The first-order valence-electron chi connectivity index (χ1n) is 5.35. The number of hydrogen-bond acceptors (Lipinski definition) is 4. The van der Waals surface area contributed by atoms with Gasteiger partial charge < -0.3 is 9.47 Å². The maximum absolute atomic E-state index is 11.1. The molecule has 0 amide bonds. The lowest BCUT2D eigenvalue weighted by Gasteiger charge is -2.23. The van der Waals surface area contributed by atoms with Gasteiger partial charge in [0.1, 0.15) is 0 Å². The van der Waals surface area contributed by atoms with E-state index in [4.69, 9.17) is 9.47 Å². The molecule has 1 aromatic rings. The minimum Gasteiger partial charge on any atom is -0.348 e. The predicted octanol–water partition coefficient (Wildman–Crippen LogP) is 1.49. The Morgan fingerprint density at radius 3 is 2.65 bits per heavy atom. The molecular formula is C11H15NO4S. The second-order valence-electron chi connectivity index (χ2n) is 3.93. The Bertz CT molecular complexity index is 480. The van der Waals surface area contributed by atoms with Gasteiger partial charge in [-0.05, 0) is 18.6 Å². The molecule has 1 aromatic carbocycles. The molecule has 0 spiro atoms. The van der Waals surface area contributed by atoms with Gasteiger partial charge in [0.25, 0.3) is 0 Å². The third kappa shape index (κ3) is 3.69. The summed E-state index contributed by atoms with van der Waals surface area (Å²) >= 11 is 0. The monoisotopic (exact) mass is 257 g/mol. The standard InChI is InChI=1S/C11H15NO4S/c1-17(13,14)12-10-5-2-4-9(8-10)11-15-6-3-7-16-11/h2,4-5,8,11-12H,3,6-7H2,1H3. The average Bonchev–Trinajstić information content (AvgIpc) is 2.28. The van der Waals surface area contributed by atoms with Crippen LogP contribution in [0.25, 0.3) is 0 Å². The molecule has 6 heteroatoms. The molecule has 1 aliphatic heterocycles. The third-order valence-electron chi connectivity index (χ3n) is 2.29. The highest BCUT2D eigenvalue weighted by Gasteiger charge is 2.16.